The monoisotopic (exact) mass is 215 g/mol. The molecule has 0 aromatic heterocycles. The van der Waals surface area contributed by atoms with Gasteiger partial charge in [0.15, 0.2) is 5.78 Å². The lowest BCUT2D eigenvalue weighted by molar-refractivity contribution is -0.139. The largest absolute Gasteiger partial charge is 0.332 e. The second-order valence-electron chi connectivity index (χ2n) is 3.88. The molecule has 0 aromatic carbocycles. The molecule has 0 aliphatic carbocycles. The van der Waals surface area contributed by atoms with Crippen LogP contribution in [0.2, 0.25) is 0 Å². The van der Waals surface area contributed by atoms with Gasteiger partial charge in [0.1, 0.15) is 0 Å². The van der Waals surface area contributed by atoms with E-state index >= 15 is 0 Å². The predicted octanol–water partition coefficient (Wildman–Crippen LogP) is 1.13. The number of Topliss-reactive ketones (excluding diaryl/α,β-unsaturated/α-hetero) is 1. The van der Waals surface area contributed by atoms with Crippen molar-refractivity contribution >= 4 is 24.3 Å². The molecule has 0 spiro atoms. The van der Waals surface area contributed by atoms with E-state index in [1.54, 1.807) is 11.8 Å². The van der Waals surface area contributed by atoms with Crippen LogP contribution in [0.25, 0.3) is 0 Å². The molecule has 0 bridgehead atoms. The Morgan fingerprint density at radius 3 is 2.71 bits per heavy atom. The number of ketones is 1. The first-order valence-corrected chi connectivity index (χ1v) is 5.63. The van der Waals surface area contributed by atoms with E-state index in [0.29, 0.717) is 5.75 Å². The number of nitrogens with zero attached hydrogens (tertiary/aromatic N) is 1. The van der Waals surface area contributed by atoms with Crippen LogP contribution in [0.5, 0.6) is 0 Å². The minimum Gasteiger partial charge on any atom is -0.332 e. The first-order chi connectivity index (χ1) is 6.57. The summed E-state index contributed by atoms with van der Waals surface area (Å²) in [7, 11) is 0. The van der Waals surface area contributed by atoms with Gasteiger partial charge in [-0.2, -0.15) is 12.6 Å². The van der Waals surface area contributed by atoms with E-state index in [-0.39, 0.29) is 23.7 Å². The summed E-state index contributed by atoms with van der Waals surface area (Å²) >= 11 is 4.10. The Morgan fingerprint density at radius 1 is 1.57 bits per heavy atom. The molecule has 3 nitrogen and oxygen atoms in total. The van der Waals surface area contributed by atoms with Gasteiger partial charge in [-0.3, -0.25) is 9.59 Å². The smallest absolute Gasteiger partial charge is 0.226 e. The summed E-state index contributed by atoms with van der Waals surface area (Å²) in [5, 5.41) is 0. The molecule has 0 aromatic rings. The third kappa shape index (κ3) is 2.29. The van der Waals surface area contributed by atoms with Crippen LogP contribution < -0.4 is 0 Å². The van der Waals surface area contributed by atoms with Gasteiger partial charge in [-0.25, -0.2) is 0 Å². The Bertz CT molecular complexity index is 242. The summed E-state index contributed by atoms with van der Waals surface area (Å²) in [6.07, 6.45) is 1.76. The van der Waals surface area contributed by atoms with Gasteiger partial charge in [-0.05, 0) is 19.8 Å². The van der Waals surface area contributed by atoms with E-state index in [1.165, 1.54) is 0 Å². The van der Waals surface area contributed by atoms with Crippen molar-refractivity contribution in [1.82, 2.24) is 4.90 Å². The third-order valence-corrected chi connectivity index (χ3v) is 3.25. The summed E-state index contributed by atoms with van der Waals surface area (Å²) < 4.78 is 0. The molecule has 1 saturated heterocycles. The summed E-state index contributed by atoms with van der Waals surface area (Å²) in [6, 6.07) is -0.176. The van der Waals surface area contributed by atoms with E-state index in [9.17, 15) is 9.59 Å². The molecule has 1 rings (SSSR count). The van der Waals surface area contributed by atoms with Crippen LogP contribution in [0.1, 0.15) is 26.7 Å². The third-order valence-electron chi connectivity index (χ3n) is 2.70. The lowest BCUT2D eigenvalue weighted by Crippen LogP contribution is -2.42. The molecule has 2 atom stereocenters. The highest BCUT2D eigenvalue weighted by atomic mass is 32.1. The number of amides is 1. The summed E-state index contributed by atoms with van der Waals surface area (Å²) in [5.74, 6) is 0.623. The molecule has 4 heteroatoms. The second-order valence-corrected chi connectivity index (χ2v) is 4.25. The zero-order chi connectivity index (χ0) is 10.7. The van der Waals surface area contributed by atoms with Gasteiger partial charge in [0.05, 0.1) is 6.04 Å². The molecule has 1 amide bonds. The summed E-state index contributed by atoms with van der Waals surface area (Å²) in [5.41, 5.74) is 0. The molecule has 0 radical (unpaired) electrons. The van der Waals surface area contributed by atoms with E-state index < -0.39 is 0 Å². The highest BCUT2D eigenvalue weighted by molar-refractivity contribution is 7.80. The fourth-order valence-corrected chi connectivity index (χ4v) is 1.97. The number of hydrogen-bond donors (Lipinski definition) is 1. The van der Waals surface area contributed by atoms with Gasteiger partial charge >= 0.3 is 0 Å². The molecular weight excluding hydrogens is 198 g/mol. The van der Waals surface area contributed by atoms with Crippen molar-refractivity contribution in [3.05, 3.63) is 0 Å². The second kappa shape index (κ2) is 4.82. The van der Waals surface area contributed by atoms with Crippen molar-refractivity contribution in [1.29, 1.82) is 0 Å². The SMILES string of the molecule is CC(=O)[C@@H]1CCCN1C(=O)[C@@H](C)CS. The van der Waals surface area contributed by atoms with E-state index in [0.717, 1.165) is 19.4 Å². The standard InChI is InChI=1S/C10H17NO2S/c1-7(6-14)10(13)11-5-3-4-9(11)8(2)12/h7,9,14H,3-6H2,1-2H3/t7-,9-/m0/s1. The van der Waals surface area contributed by atoms with Gasteiger partial charge in [-0.15, -0.1) is 0 Å². The minimum atomic E-state index is -0.176. The average molecular weight is 215 g/mol. The van der Waals surface area contributed by atoms with Crippen molar-refractivity contribution in [3.8, 4) is 0 Å². The van der Waals surface area contributed by atoms with Gasteiger partial charge in [0.25, 0.3) is 0 Å². The molecular formula is C10H17NO2S. The first kappa shape index (κ1) is 11.6. The highest BCUT2D eigenvalue weighted by Gasteiger charge is 2.33. The zero-order valence-corrected chi connectivity index (χ0v) is 9.59. The maximum atomic E-state index is 11.8. The van der Waals surface area contributed by atoms with Gasteiger partial charge in [0, 0.05) is 18.2 Å². The van der Waals surface area contributed by atoms with Crippen LogP contribution in [-0.4, -0.2) is 34.9 Å². The Morgan fingerprint density at radius 2 is 2.21 bits per heavy atom. The van der Waals surface area contributed by atoms with Crippen LogP contribution in [0.3, 0.4) is 0 Å². The Hall–Kier alpha value is -0.510. The molecule has 14 heavy (non-hydrogen) atoms. The maximum absolute atomic E-state index is 11.8. The van der Waals surface area contributed by atoms with E-state index in [4.69, 9.17) is 0 Å². The minimum absolute atomic E-state index is 0.0673. The van der Waals surface area contributed by atoms with Crippen molar-refractivity contribution in [2.75, 3.05) is 12.3 Å². The van der Waals surface area contributed by atoms with Crippen LogP contribution in [0, 0.1) is 5.92 Å². The molecule has 1 aliphatic rings. The number of likely N-dealkylation sites (tertiary alicyclic amines) is 1. The molecule has 1 heterocycles. The van der Waals surface area contributed by atoms with Gasteiger partial charge in [-0.1, -0.05) is 6.92 Å². The highest BCUT2D eigenvalue weighted by Crippen LogP contribution is 2.20. The maximum Gasteiger partial charge on any atom is 0.226 e. The predicted molar refractivity (Wildman–Crippen MR) is 58.4 cm³/mol. The summed E-state index contributed by atoms with van der Waals surface area (Å²) in [4.78, 5) is 24.8. The summed E-state index contributed by atoms with van der Waals surface area (Å²) in [6.45, 7) is 4.13. The van der Waals surface area contributed by atoms with Crippen LogP contribution in [0.4, 0.5) is 0 Å². The fraction of sp³-hybridized carbons (Fsp3) is 0.800. The van der Waals surface area contributed by atoms with Crippen LogP contribution in [0.15, 0.2) is 0 Å². The number of carbonyl (C=O) groups excluding carboxylic acids is 2. The van der Waals surface area contributed by atoms with E-state index in [1.807, 2.05) is 6.92 Å². The Balaban J connectivity index is 2.67. The van der Waals surface area contributed by atoms with Crippen molar-refractivity contribution in [3.63, 3.8) is 0 Å². The van der Waals surface area contributed by atoms with Crippen LogP contribution in [-0.2, 0) is 9.59 Å². The molecule has 0 saturated carbocycles. The molecule has 1 fully saturated rings. The number of hydrogen-bond acceptors (Lipinski definition) is 3. The number of thiol groups is 1. The quantitative estimate of drug-likeness (QED) is 0.717. The number of carbonyl (C=O) groups is 2. The molecule has 80 valence electrons. The average Bonchev–Trinajstić information content (AvgIpc) is 2.63. The van der Waals surface area contributed by atoms with Crippen LogP contribution >= 0.6 is 12.6 Å². The topological polar surface area (TPSA) is 37.4 Å². The van der Waals surface area contributed by atoms with Crippen molar-refractivity contribution in [2.45, 2.75) is 32.7 Å². The number of rotatable bonds is 3. The zero-order valence-electron chi connectivity index (χ0n) is 8.69. The molecule has 0 unspecified atom stereocenters. The Kier molecular flexibility index (Phi) is 3.98. The van der Waals surface area contributed by atoms with Gasteiger partial charge < -0.3 is 4.90 Å². The molecule has 0 N–H and O–H groups in total. The van der Waals surface area contributed by atoms with Crippen molar-refractivity contribution in [2.24, 2.45) is 5.92 Å². The fourth-order valence-electron chi connectivity index (χ4n) is 1.81. The lowest BCUT2D eigenvalue weighted by atomic mass is 10.1. The van der Waals surface area contributed by atoms with E-state index in [2.05, 4.69) is 12.6 Å². The van der Waals surface area contributed by atoms with Gasteiger partial charge in [0.2, 0.25) is 5.91 Å². The lowest BCUT2D eigenvalue weighted by Gasteiger charge is -2.25. The molecule has 1 aliphatic heterocycles. The normalized spacial score (nSPS) is 23.6. The first-order valence-electron chi connectivity index (χ1n) is 4.99. The van der Waals surface area contributed by atoms with Crippen molar-refractivity contribution < 1.29 is 9.59 Å². The Labute approximate surface area is 90.3 Å².